The Balaban J connectivity index is 1.65. The van der Waals surface area contributed by atoms with Gasteiger partial charge in [0.2, 0.25) is 0 Å². The molecule has 3 heterocycles. The summed E-state index contributed by atoms with van der Waals surface area (Å²) >= 11 is 0. The summed E-state index contributed by atoms with van der Waals surface area (Å²) in [5, 5.41) is 20.3. The van der Waals surface area contributed by atoms with Crippen molar-refractivity contribution in [2.24, 2.45) is 0 Å². The predicted molar refractivity (Wildman–Crippen MR) is 114 cm³/mol. The largest absolute Gasteiger partial charge is 0.388 e. The maximum Gasteiger partial charge on any atom is 0.266 e. The van der Waals surface area contributed by atoms with Crippen LogP contribution in [0, 0.1) is 0 Å². The molecule has 0 atom stereocenters. The van der Waals surface area contributed by atoms with Gasteiger partial charge in [-0.3, -0.25) is 4.79 Å². The minimum atomic E-state index is -0.880. The van der Waals surface area contributed by atoms with Gasteiger partial charge in [-0.25, -0.2) is 14.2 Å². The van der Waals surface area contributed by atoms with Crippen LogP contribution in [-0.2, 0) is 6.54 Å². The van der Waals surface area contributed by atoms with Gasteiger partial charge in [0.25, 0.3) is 5.56 Å². The van der Waals surface area contributed by atoms with Gasteiger partial charge in [0.15, 0.2) is 5.65 Å². The summed E-state index contributed by atoms with van der Waals surface area (Å²) in [5.74, 6) is 0. The van der Waals surface area contributed by atoms with Crippen molar-refractivity contribution in [3.63, 3.8) is 0 Å². The van der Waals surface area contributed by atoms with Gasteiger partial charge in [-0.15, -0.1) is 0 Å². The molecule has 1 saturated carbocycles. The van der Waals surface area contributed by atoms with E-state index in [2.05, 4.69) is 10.1 Å². The molecular weight excluding hydrogens is 378 g/mol. The highest BCUT2D eigenvalue weighted by Crippen LogP contribution is 2.33. The van der Waals surface area contributed by atoms with E-state index in [4.69, 9.17) is 5.10 Å². The molecule has 0 aliphatic heterocycles. The van der Waals surface area contributed by atoms with Crippen LogP contribution < -0.4 is 5.56 Å². The molecule has 7 heteroatoms. The second kappa shape index (κ2) is 7.50. The van der Waals surface area contributed by atoms with Crippen molar-refractivity contribution in [1.29, 1.82) is 0 Å². The number of hydrogen-bond acceptors (Lipinski definition) is 5. The Bertz CT molecular complexity index is 1240. The van der Waals surface area contributed by atoms with E-state index in [-0.39, 0.29) is 12.1 Å². The molecule has 7 nitrogen and oxygen atoms in total. The molecule has 1 aromatic carbocycles. The van der Waals surface area contributed by atoms with Crippen LogP contribution in [0.4, 0.5) is 0 Å². The van der Waals surface area contributed by atoms with Crippen LogP contribution in [-0.4, -0.2) is 35.1 Å². The fraction of sp³-hybridized carbons (Fsp3) is 0.304. The van der Waals surface area contributed by atoms with Crippen LogP contribution in [0.15, 0.2) is 65.7 Å². The van der Waals surface area contributed by atoms with Gasteiger partial charge in [0.1, 0.15) is 5.69 Å². The van der Waals surface area contributed by atoms with Crippen LogP contribution in [0.25, 0.3) is 28.2 Å². The quantitative estimate of drug-likeness (QED) is 0.567. The first-order valence-corrected chi connectivity index (χ1v) is 10.3. The maximum absolute atomic E-state index is 12.5. The van der Waals surface area contributed by atoms with Crippen LogP contribution in [0.3, 0.4) is 0 Å². The zero-order valence-corrected chi connectivity index (χ0v) is 16.6. The lowest BCUT2D eigenvalue weighted by atomic mass is 9.85. The fourth-order valence-electron chi connectivity index (χ4n) is 4.26. The lowest BCUT2D eigenvalue weighted by Crippen LogP contribution is -2.40. The van der Waals surface area contributed by atoms with Crippen molar-refractivity contribution in [2.45, 2.75) is 44.2 Å². The summed E-state index contributed by atoms with van der Waals surface area (Å²) < 4.78 is 3.12. The standard InChI is InChI=1S/C23H23N5O2/c29-19-11-10-18(25-28(19)16-23(30)12-5-2-6-13-23)20-21(17-8-3-1-4-9-17)26-27-15-7-14-24-22(20)27/h1,3-4,7-11,14-15,30H,2,5-6,12-13,16H2. The van der Waals surface area contributed by atoms with Gasteiger partial charge >= 0.3 is 0 Å². The van der Waals surface area contributed by atoms with Gasteiger partial charge < -0.3 is 5.11 Å². The molecule has 1 aliphatic rings. The van der Waals surface area contributed by atoms with Crippen molar-refractivity contribution < 1.29 is 5.11 Å². The third-order valence-corrected chi connectivity index (χ3v) is 5.79. The highest BCUT2D eigenvalue weighted by molar-refractivity contribution is 5.88. The Labute approximate surface area is 173 Å². The maximum atomic E-state index is 12.5. The monoisotopic (exact) mass is 401 g/mol. The zero-order valence-electron chi connectivity index (χ0n) is 16.6. The Hall–Kier alpha value is -3.32. The number of aromatic nitrogens is 5. The third-order valence-electron chi connectivity index (χ3n) is 5.79. The molecule has 4 aromatic rings. The van der Waals surface area contributed by atoms with Gasteiger partial charge in [0, 0.05) is 24.0 Å². The van der Waals surface area contributed by atoms with Crippen molar-refractivity contribution >= 4 is 5.65 Å². The average Bonchev–Trinajstić information content (AvgIpc) is 3.16. The van der Waals surface area contributed by atoms with E-state index in [0.717, 1.165) is 36.1 Å². The summed E-state index contributed by atoms with van der Waals surface area (Å²) in [5.41, 5.74) is 2.66. The van der Waals surface area contributed by atoms with E-state index in [9.17, 15) is 9.90 Å². The molecule has 0 radical (unpaired) electrons. The Morgan fingerprint density at radius 3 is 2.57 bits per heavy atom. The lowest BCUT2D eigenvalue weighted by Gasteiger charge is -2.32. The average molecular weight is 401 g/mol. The normalized spacial score (nSPS) is 16.0. The van der Waals surface area contributed by atoms with E-state index in [1.54, 1.807) is 16.8 Å². The second-order valence-corrected chi connectivity index (χ2v) is 7.98. The Kier molecular flexibility index (Phi) is 4.67. The van der Waals surface area contributed by atoms with Gasteiger partial charge in [-0.1, -0.05) is 49.6 Å². The third kappa shape index (κ3) is 3.41. The number of hydrogen-bond donors (Lipinski definition) is 1. The Morgan fingerprint density at radius 2 is 1.77 bits per heavy atom. The molecule has 30 heavy (non-hydrogen) atoms. The molecule has 5 rings (SSSR count). The summed E-state index contributed by atoms with van der Waals surface area (Å²) in [6, 6.07) is 14.9. The fourth-order valence-corrected chi connectivity index (χ4v) is 4.26. The molecular formula is C23H23N5O2. The second-order valence-electron chi connectivity index (χ2n) is 7.98. The first kappa shape index (κ1) is 18.7. The van der Waals surface area contributed by atoms with Crippen molar-refractivity contribution in [3.8, 4) is 22.5 Å². The minimum Gasteiger partial charge on any atom is -0.388 e. The molecule has 1 fully saturated rings. The summed E-state index contributed by atoms with van der Waals surface area (Å²) in [6.07, 6.45) is 8.02. The van der Waals surface area contributed by atoms with Gasteiger partial charge in [0.05, 0.1) is 23.4 Å². The van der Waals surface area contributed by atoms with E-state index in [1.807, 2.05) is 42.6 Å². The highest BCUT2D eigenvalue weighted by Gasteiger charge is 2.30. The zero-order chi connectivity index (χ0) is 20.6. The lowest BCUT2D eigenvalue weighted by molar-refractivity contribution is -0.0153. The van der Waals surface area contributed by atoms with Crippen LogP contribution in [0.2, 0.25) is 0 Å². The topological polar surface area (TPSA) is 85.3 Å². The minimum absolute atomic E-state index is 0.201. The van der Waals surface area contributed by atoms with Crippen LogP contribution in [0.5, 0.6) is 0 Å². The van der Waals surface area contributed by atoms with E-state index in [1.165, 1.54) is 10.7 Å². The van der Waals surface area contributed by atoms with Crippen LogP contribution in [0.1, 0.15) is 32.1 Å². The molecule has 0 amide bonds. The smallest absolute Gasteiger partial charge is 0.266 e. The van der Waals surface area contributed by atoms with Gasteiger partial charge in [-0.05, 0) is 25.0 Å². The number of nitrogens with zero attached hydrogens (tertiary/aromatic N) is 5. The van der Waals surface area contributed by atoms with Gasteiger partial charge in [-0.2, -0.15) is 10.2 Å². The Morgan fingerprint density at radius 1 is 0.967 bits per heavy atom. The SMILES string of the molecule is O=c1ccc(-c2c(-c3ccccc3)nn3cccnc23)nn1CC1(O)CCCCC1. The van der Waals surface area contributed by atoms with Crippen LogP contribution >= 0.6 is 0 Å². The van der Waals surface area contributed by atoms with Crippen molar-refractivity contribution in [3.05, 3.63) is 71.3 Å². The van der Waals surface area contributed by atoms with Crippen molar-refractivity contribution in [1.82, 2.24) is 24.4 Å². The summed E-state index contributed by atoms with van der Waals surface area (Å²) in [4.78, 5) is 17.0. The summed E-state index contributed by atoms with van der Waals surface area (Å²) in [7, 11) is 0. The first-order chi connectivity index (χ1) is 14.6. The predicted octanol–water partition coefficient (Wildman–Crippen LogP) is 3.32. The number of aliphatic hydroxyl groups is 1. The molecule has 0 spiro atoms. The summed E-state index contributed by atoms with van der Waals surface area (Å²) in [6.45, 7) is 0.201. The first-order valence-electron chi connectivity index (χ1n) is 10.3. The highest BCUT2D eigenvalue weighted by atomic mass is 16.3. The molecule has 3 aromatic heterocycles. The van der Waals surface area contributed by atoms with E-state index < -0.39 is 5.60 Å². The molecule has 1 N–H and O–H groups in total. The van der Waals surface area contributed by atoms with E-state index in [0.29, 0.717) is 24.2 Å². The molecule has 0 saturated heterocycles. The number of rotatable bonds is 4. The number of fused-ring (bicyclic) bond motifs is 1. The van der Waals surface area contributed by atoms with E-state index >= 15 is 0 Å². The molecule has 1 aliphatic carbocycles. The molecule has 152 valence electrons. The number of benzene rings is 1. The molecule has 0 unspecified atom stereocenters. The molecule has 0 bridgehead atoms. The van der Waals surface area contributed by atoms with Crippen molar-refractivity contribution in [2.75, 3.05) is 0 Å².